The molecule has 1 rings (SSSR count). The number of esters is 1. The van der Waals surface area contributed by atoms with Gasteiger partial charge in [-0.3, -0.25) is 0 Å². The topological polar surface area (TPSA) is 60.4 Å². The SMILES string of the molecule is COC(=O)c1ccc(Br)c(S(=O)(=O)F)c1. The van der Waals surface area contributed by atoms with Crippen LogP contribution < -0.4 is 0 Å². The second-order valence-corrected chi connectivity index (χ2v) is 4.74. The van der Waals surface area contributed by atoms with Crippen LogP contribution in [0.3, 0.4) is 0 Å². The van der Waals surface area contributed by atoms with Crippen LogP contribution in [0.2, 0.25) is 0 Å². The van der Waals surface area contributed by atoms with E-state index in [0.29, 0.717) is 0 Å². The van der Waals surface area contributed by atoms with Crippen molar-refractivity contribution in [1.82, 2.24) is 0 Å². The van der Waals surface area contributed by atoms with E-state index in [0.717, 1.165) is 13.2 Å². The highest BCUT2D eigenvalue weighted by Crippen LogP contribution is 2.24. The first-order chi connectivity index (χ1) is 6.86. The molecule has 82 valence electrons. The molecule has 0 N–H and O–H groups in total. The Balaban J connectivity index is 3.36. The molecule has 1 aromatic rings. The molecule has 0 bridgehead atoms. The highest BCUT2D eigenvalue weighted by Gasteiger charge is 2.18. The lowest BCUT2D eigenvalue weighted by Crippen LogP contribution is -2.03. The Labute approximate surface area is 94.4 Å². The standard InChI is InChI=1S/C8H6BrFO4S/c1-14-8(11)5-2-3-6(9)7(4-5)15(10,12)13/h2-4H,1H3. The van der Waals surface area contributed by atoms with Crippen molar-refractivity contribution in [2.45, 2.75) is 4.90 Å². The summed E-state index contributed by atoms with van der Waals surface area (Å²) in [7, 11) is -3.71. The normalized spacial score (nSPS) is 11.1. The van der Waals surface area contributed by atoms with E-state index >= 15 is 0 Å². The van der Waals surface area contributed by atoms with E-state index in [-0.39, 0.29) is 10.0 Å². The van der Waals surface area contributed by atoms with Crippen molar-refractivity contribution >= 4 is 32.1 Å². The van der Waals surface area contributed by atoms with Crippen LogP contribution in [0.25, 0.3) is 0 Å². The van der Waals surface area contributed by atoms with Gasteiger partial charge in [0, 0.05) is 4.47 Å². The minimum absolute atomic E-state index is 0.0306. The van der Waals surface area contributed by atoms with Crippen LogP contribution in [0.4, 0.5) is 3.89 Å². The van der Waals surface area contributed by atoms with Crippen LogP contribution in [-0.4, -0.2) is 21.5 Å². The van der Waals surface area contributed by atoms with Gasteiger partial charge in [0.15, 0.2) is 0 Å². The largest absolute Gasteiger partial charge is 0.465 e. The molecule has 0 atom stereocenters. The molecule has 0 aromatic heterocycles. The Bertz CT molecular complexity index is 497. The molecule has 0 unspecified atom stereocenters. The fourth-order valence-electron chi connectivity index (χ4n) is 0.935. The molecule has 0 heterocycles. The van der Waals surface area contributed by atoms with Crippen LogP contribution in [0, 0.1) is 0 Å². The first-order valence-electron chi connectivity index (χ1n) is 3.69. The van der Waals surface area contributed by atoms with E-state index in [1.165, 1.54) is 12.1 Å². The number of rotatable bonds is 2. The van der Waals surface area contributed by atoms with Crippen molar-refractivity contribution in [3.05, 3.63) is 28.2 Å². The predicted molar refractivity (Wildman–Crippen MR) is 53.8 cm³/mol. The van der Waals surface area contributed by atoms with Crippen LogP contribution >= 0.6 is 15.9 Å². The fourth-order valence-corrected chi connectivity index (χ4v) is 2.33. The summed E-state index contributed by atoms with van der Waals surface area (Å²) in [6.07, 6.45) is 0. The van der Waals surface area contributed by atoms with Gasteiger partial charge in [-0.05, 0) is 34.1 Å². The summed E-state index contributed by atoms with van der Waals surface area (Å²) in [5.41, 5.74) is -0.0306. The Morgan fingerprint density at radius 2 is 2.07 bits per heavy atom. The van der Waals surface area contributed by atoms with Crippen molar-refractivity contribution < 1.29 is 21.8 Å². The summed E-state index contributed by atoms with van der Waals surface area (Å²) in [5, 5.41) is 0. The number of hydrogen-bond acceptors (Lipinski definition) is 4. The van der Waals surface area contributed by atoms with Gasteiger partial charge >= 0.3 is 16.2 Å². The van der Waals surface area contributed by atoms with E-state index in [1.807, 2.05) is 0 Å². The Morgan fingerprint density at radius 1 is 1.47 bits per heavy atom. The molecule has 0 amide bonds. The molecule has 0 aliphatic carbocycles. The van der Waals surface area contributed by atoms with Crippen molar-refractivity contribution in [2.24, 2.45) is 0 Å². The smallest absolute Gasteiger partial charge is 0.337 e. The van der Waals surface area contributed by atoms with Crippen LogP contribution in [-0.2, 0) is 15.0 Å². The van der Waals surface area contributed by atoms with Gasteiger partial charge in [0.25, 0.3) is 0 Å². The van der Waals surface area contributed by atoms with Gasteiger partial charge in [0.2, 0.25) is 0 Å². The first-order valence-corrected chi connectivity index (χ1v) is 5.86. The molecule has 7 heteroatoms. The summed E-state index contributed by atoms with van der Waals surface area (Å²) in [6, 6.07) is 3.49. The third kappa shape index (κ3) is 2.75. The fraction of sp³-hybridized carbons (Fsp3) is 0.125. The number of hydrogen-bond donors (Lipinski definition) is 0. The minimum atomic E-state index is -4.85. The lowest BCUT2D eigenvalue weighted by molar-refractivity contribution is 0.0600. The zero-order chi connectivity index (χ0) is 11.6. The van der Waals surface area contributed by atoms with E-state index in [9.17, 15) is 17.1 Å². The van der Waals surface area contributed by atoms with E-state index < -0.39 is 21.1 Å². The lowest BCUT2D eigenvalue weighted by atomic mass is 10.2. The molecule has 0 aliphatic heterocycles. The molecule has 0 saturated heterocycles. The molecule has 0 aliphatic rings. The molecule has 0 radical (unpaired) electrons. The molecule has 0 fully saturated rings. The summed E-state index contributed by atoms with van der Waals surface area (Å²) < 4.78 is 38.5. The van der Waals surface area contributed by atoms with Crippen molar-refractivity contribution in [3.8, 4) is 0 Å². The Hall–Kier alpha value is -0.950. The average molecular weight is 297 g/mol. The highest BCUT2D eigenvalue weighted by atomic mass is 79.9. The van der Waals surface area contributed by atoms with Gasteiger partial charge in [-0.15, -0.1) is 3.89 Å². The summed E-state index contributed by atoms with van der Waals surface area (Å²) in [4.78, 5) is 10.5. The highest BCUT2D eigenvalue weighted by molar-refractivity contribution is 9.10. The van der Waals surface area contributed by atoms with Crippen molar-refractivity contribution in [1.29, 1.82) is 0 Å². The van der Waals surface area contributed by atoms with E-state index in [2.05, 4.69) is 20.7 Å². The van der Waals surface area contributed by atoms with Gasteiger partial charge in [-0.1, -0.05) is 0 Å². The van der Waals surface area contributed by atoms with E-state index in [1.54, 1.807) is 0 Å². The third-order valence-corrected chi connectivity index (χ3v) is 3.43. The summed E-state index contributed by atoms with van der Waals surface area (Å²) >= 11 is 2.87. The lowest BCUT2D eigenvalue weighted by Gasteiger charge is -2.02. The Kier molecular flexibility index (Phi) is 3.46. The molecular formula is C8H6BrFO4S. The van der Waals surface area contributed by atoms with Crippen molar-refractivity contribution in [3.63, 3.8) is 0 Å². The predicted octanol–water partition coefficient (Wildman–Crippen LogP) is 1.89. The minimum Gasteiger partial charge on any atom is -0.465 e. The maximum atomic E-state index is 12.7. The monoisotopic (exact) mass is 296 g/mol. The molecule has 15 heavy (non-hydrogen) atoms. The summed E-state index contributed by atoms with van der Waals surface area (Å²) in [6.45, 7) is 0. The molecule has 0 saturated carbocycles. The molecule has 4 nitrogen and oxygen atoms in total. The summed E-state index contributed by atoms with van der Waals surface area (Å²) in [5.74, 6) is -0.729. The molecule has 0 spiro atoms. The van der Waals surface area contributed by atoms with Gasteiger partial charge in [0.05, 0.1) is 12.7 Å². The number of carbonyl (C=O) groups is 1. The second-order valence-electron chi connectivity index (χ2n) is 2.57. The molecular weight excluding hydrogens is 291 g/mol. The number of ether oxygens (including phenoxy) is 1. The van der Waals surface area contributed by atoms with Gasteiger partial charge in [0.1, 0.15) is 4.90 Å². The number of carbonyl (C=O) groups excluding carboxylic acids is 1. The van der Waals surface area contributed by atoms with Crippen LogP contribution in [0.1, 0.15) is 10.4 Å². The Morgan fingerprint density at radius 3 is 2.53 bits per heavy atom. The number of methoxy groups -OCH3 is 1. The number of benzene rings is 1. The van der Waals surface area contributed by atoms with Gasteiger partial charge in [-0.2, -0.15) is 8.42 Å². The quantitative estimate of drug-likeness (QED) is 0.618. The first kappa shape index (κ1) is 12.1. The van der Waals surface area contributed by atoms with E-state index in [4.69, 9.17) is 0 Å². The maximum Gasteiger partial charge on any atom is 0.337 e. The maximum absolute atomic E-state index is 12.7. The van der Waals surface area contributed by atoms with Gasteiger partial charge < -0.3 is 4.74 Å². The zero-order valence-electron chi connectivity index (χ0n) is 7.53. The zero-order valence-corrected chi connectivity index (χ0v) is 9.93. The second kappa shape index (κ2) is 4.28. The van der Waals surface area contributed by atoms with Crippen molar-refractivity contribution in [2.75, 3.05) is 7.11 Å². The van der Waals surface area contributed by atoms with Gasteiger partial charge in [-0.25, -0.2) is 4.79 Å². The third-order valence-electron chi connectivity index (χ3n) is 1.61. The number of halogens is 2. The molecule has 1 aromatic carbocycles. The van der Waals surface area contributed by atoms with Crippen LogP contribution in [0.15, 0.2) is 27.6 Å². The van der Waals surface area contributed by atoms with Crippen LogP contribution in [0.5, 0.6) is 0 Å². The average Bonchev–Trinajstić information content (AvgIpc) is 2.15.